The molecule has 1 N–H and O–H groups in total. The van der Waals surface area contributed by atoms with Gasteiger partial charge in [-0.1, -0.05) is 12.1 Å². The summed E-state index contributed by atoms with van der Waals surface area (Å²) in [5.74, 6) is 1.03. The minimum atomic E-state index is 0.137. The summed E-state index contributed by atoms with van der Waals surface area (Å²) in [6.07, 6.45) is 4.91. The van der Waals surface area contributed by atoms with Crippen LogP contribution in [-0.2, 0) is 11.3 Å². The quantitative estimate of drug-likeness (QED) is 0.785. The maximum absolute atomic E-state index is 12.3. The zero-order valence-corrected chi connectivity index (χ0v) is 15.5. The van der Waals surface area contributed by atoms with E-state index in [0.29, 0.717) is 19.2 Å². The van der Waals surface area contributed by atoms with Crippen molar-refractivity contribution in [1.82, 2.24) is 15.1 Å². The number of nitrogens with one attached hydrogen (secondary N) is 1. The lowest BCUT2D eigenvalue weighted by atomic mass is 10.0. The number of hydrogen-bond donors (Lipinski definition) is 1. The minimum Gasteiger partial charge on any atom is -0.494 e. The molecule has 0 unspecified atom stereocenters. The molecule has 25 heavy (non-hydrogen) atoms. The van der Waals surface area contributed by atoms with Crippen LogP contribution in [0.1, 0.15) is 38.2 Å². The Morgan fingerprint density at radius 2 is 1.88 bits per heavy atom. The molecule has 1 amide bonds. The predicted molar refractivity (Wildman–Crippen MR) is 99.7 cm³/mol. The smallest absolute Gasteiger partial charge is 0.234 e. The first-order chi connectivity index (χ1) is 12.1. The van der Waals surface area contributed by atoms with Gasteiger partial charge in [-0.25, -0.2) is 0 Å². The first kappa shape index (κ1) is 18.2. The summed E-state index contributed by atoms with van der Waals surface area (Å²) >= 11 is 0. The van der Waals surface area contributed by atoms with Gasteiger partial charge in [0.25, 0.3) is 0 Å². The van der Waals surface area contributed by atoms with Crippen LogP contribution in [0.3, 0.4) is 0 Å². The molecule has 1 aliphatic heterocycles. The summed E-state index contributed by atoms with van der Waals surface area (Å²) in [6, 6.07) is 9.29. The number of benzene rings is 1. The summed E-state index contributed by atoms with van der Waals surface area (Å²) in [4.78, 5) is 16.9. The van der Waals surface area contributed by atoms with Crippen LogP contribution in [0, 0.1) is 0 Å². The monoisotopic (exact) mass is 345 g/mol. The van der Waals surface area contributed by atoms with E-state index in [0.717, 1.165) is 44.3 Å². The normalized spacial score (nSPS) is 19.2. The van der Waals surface area contributed by atoms with Crippen LogP contribution in [0.2, 0.25) is 0 Å². The van der Waals surface area contributed by atoms with Crippen LogP contribution in [-0.4, -0.2) is 61.1 Å². The molecule has 1 aromatic rings. The van der Waals surface area contributed by atoms with E-state index in [9.17, 15) is 4.79 Å². The average Bonchev–Trinajstić information content (AvgIpc) is 3.42. The molecule has 1 saturated heterocycles. The maximum Gasteiger partial charge on any atom is 0.234 e. The van der Waals surface area contributed by atoms with Crippen LogP contribution in [0.25, 0.3) is 0 Å². The van der Waals surface area contributed by atoms with Gasteiger partial charge in [-0.3, -0.25) is 9.69 Å². The number of likely N-dealkylation sites (N-methyl/N-ethyl adjacent to an activating group) is 1. The molecule has 1 heterocycles. The molecule has 0 bridgehead atoms. The Labute approximate surface area is 151 Å². The molecule has 0 aromatic heterocycles. The van der Waals surface area contributed by atoms with Gasteiger partial charge in [-0.15, -0.1) is 0 Å². The fraction of sp³-hybridized carbons (Fsp3) is 0.650. The standard InChI is InChI=1S/C20H31N3O2/c1-3-25-19-8-4-16(5-9-19)14-22(2)15-20(24)21-17-10-12-23(13-11-17)18-6-7-18/h4-5,8-9,17-18H,3,6-7,10-15H2,1-2H3,(H,21,24). The SMILES string of the molecule is CCOc1ccc(CN(C)CC(=O)NC2CCN(C3CC3)CC2)cc1. The lowest BCUT2D eigenvalue weighted by Gasteiger charge is -2.32. The Morgan fingerprint density at radius 1 is 1.20 bits per heavy atom. The number of likely N-dealkylation sites (tertiary alicyclic amines) is 1. The van der Waals surface area contributed by atoms with Crippen LogP contribution in [0.5, 0.6) is 5.75 Å². The van der Waals surface area contributed by atoms with Crippen molar-refractivity contribution < 1.29 is 9.53 Å². The van der Waals surface area contributed by atoms with Gasteiger partial charge in [-0.05, 0) is 57.4 Å². The number of rotatable bonds is 8. The zero-order valence-electron chi connectivity index (χ0n) is 15.5. The number of nitrogens with zero attached hydrogens (tertiary/aromatic N) is 2. The summed E-state index contributed by atoms with van der Waals surface area (Å²) in [7, 11) is 1.99. The minimum absolute atomic E-state index is 0.137. The van der Waals surface area contributed by atoms with Gasteiger partial charge in [0.05, 0.1) is 13.2 Å². The third kappa shape index (κ3) is 5.72. The van der Waals surface area contributed by atoms with Gasteiger partial charge in [0, 0.05) is 31.7 Å². The number of piperidine rings is 1. The molecule has 5 heteroatoms. The van der Waals surface area contributed by atoms with E-state index in [1.807, 2.05) is 26.1 Å². The van der Waals surface area contributed by atoms with Gasteiger partial charge in [-0.2, -0.15) is 0 Å². The third-order valence-corrected chi connectivity index (χ3v) is 5.06. The average molecular weight is 345 g/mol. The number of carbonyl (C=O) groups is 1. The molecular weight excluding hydrogens is 314 g/mol. The molecule has 1 aliphatic carbocycles. The topological polar surface area (TPSA) is 44.8 Å². The Kier molecular flexibility index (Phi) is 6.32. The second kappa shape index (κ2) is 8.68. The van der Waals surface area contributed by atoms with E-state index in [1.165, 1.54) is 18.4 Å². The van der Waals surface area contributed by atoms with Gasteiger partial charge < -0.3 is 15.0 Å². The van der Waals surface area contributed by atoms with Crippen LogP contribution in [0.15, 0.2) is 24.3 Å². The van der Waals surface area contributed by atoms with Gasteiger partial charge >= 0.3 is 0 Å². The molecule has 0 atom stereocenters. The van der Waals surface area contributed by atoms with Gasteiger partial charge in [0.2, 0.25) is 5.91 Å². The summed E-state index contributed by atoms with van der Waals surface area (Å²) in [5, 5.41) is 3.21. The first-order valence-corrected chi connectivity index (χ1v) is 9.57. The molecule has 2 aliphatic rings. The summed E-state index contributed by atoms with van der Waals surface area (Å²) in [6.45, 7) is 6.14. The van der Waals surface area contributed by atoms with Gasteiger partial charge in [0.15, 0.2) is 0 Å². The Balaban J connectivity index is 1.37. The predicted octanol–water partition coefficient (Wildman–Crippen LogP) is 2.26. The Bertz CT molecular complexity index is 549. The summed E-state index contributed by atoms with van der Waals surface area (Å²) in [5.41, 5.74) is 1.19. The lowest BCUT2D eigenvalue weighted by molar-refractivity contribution is -0.123. The fourth-order valence-corrected chi connectivity index (χ4v) is 3.59. The lowest BCUT2D eigenvalue weighted by Crippen LogP contribution is -2.47. The van der Waals surface area contributed by atoms with Crippen molar-refractivity contribution in [3.8, 4) is 5.75 Å². The zero-order chi connectivity index (χ0) is 17.6. The molecule has 1 aromatic carbocycles. The molecule has 0 radical (unpaired) electrons. The maximum atomic E-state index is 12.3. The number of ether oxygens (including phenoxy) is 1. The van der Waals surface area contributed by atoms with Crippen molar-refractivity contribution in [2.75, 3.05) is 33.3 Å². The van der Waals surface area contributed by atoms with E-state index in [4.69, 9.17) is 4.74 Å². The molecule has 1 saturated carbocycles. The first-order valence-electron chi connectivity index (χ1n) is 9.57. The molecule has 2 fully saturated rings. The molecule has 5 nitrogen and oxygen atoms in total. The molecule has 0 spiro atoms. The van der Waals surface area contributed by atoms with Crippen LogP contribution in [0.4, 0.5) is 0 Å². The highest BCUT2D eigenvalue weighted by atomic mass is 16.5. The van der Waals surface area contributed by atoms with Crippen LogP contribution < -0.4 is 10.1 Å². The molecular formula is C20H31N3O2. The van der Waals surface area contributed by atoms with E-state index >= 15 is 0 Å². The second-order valence-electron chi connectivity index (χ2n) is 7.36. The van der Waals surface area contributed by atoms with Crippen molar-refractivity contribution in [1.29, 1.82) is 0 Å². The highest BCUT2D eigenvalue weighted by molar-refractivity contribution is 5.78. The van der Waals surface area contributed by atoms with Crippen LogP contribution >= 0.6 is 0 Å². The van der Waals surface area contributed by atoms with E-state index in [-0.39, 0.29) is 5.91 Å². The summed E-state index contributed by atoms with van der Waals surface area (Å²) < 4.78 is 5.46. The fourth-order valence-electron chi connectivity index (χ4n) is 3.59. The van der Waals surface area contributed by atoms with Crippen molar-refractivity contribution >= 4 is 5.91 Å². The Hall–Kier alpha value is -1.59. The van der Waals surface area contributed by atoms with Crippen molar-refractivity contribution in [3.05, 3.63) is 29.8 Å². The van der Waals surface area contributed by atoms with Crippen molar-refractivity contribution in [3.63, 3.8) is 0 Å². The second-order valence-corrected chi connectivity index (χ2v) is 7.36. The molecule has 138 valence electrons. The van der Waals surface area contributed by atoms with E-state index < -0.39 is 0 Å². The van der Waals surface area contributed by atoms with E-state index in [1.54, 1.807) is 0 Å². The highest BCUT2D eigenvalue weighted by Gasteiger charge is 2.32. The van der Waals surface area contributed by atoms with Gasteiger partial charge in [0.1, 0.15) is 5.75 Å². The number of hydrogen-bond acceptors (Lipinski definition) is 4. The molecule has 3 rings (SSSR count). The van der Waals surface area contributed by atoms with E-state index in [2.05, 4.69) is 27.2 Å². The third-order valence-electron chi connectivity index (χ3n) is 5.06. The Morgan fingerprint density at radius 3 is 2.48 bits per heavy atom. The van der Waals surface area contributed by atoms with Crippen molar-refractivity contribution in [2.45, 2.75) is 51.2 Å². The number of amides is 1. The number of carbonyl (C=O) groups excluding carboxylic acids is 1. The van der Waals surface area contributed by atoms with Crippen molar-refractivity contribution in [2.24, 2.45) is 0 Å². The largest absolute Gasteiger partial charge is 0.494 e. The highest BCUT2D eigenvalue weighted by Crippen LogP contribution is 2.29.